The molecule has 0 rings (SSSR count). The Labute approximate surface area is 62.6 Å². The molecule has 1 nitrogen and oxygen atoms in total. The summed E-state index contributed by atoms with van der Waals surface area (Å²) in [7, 11) is 0. The van der Waals surface area contributed by atoms with E-state index in [-0.39, 0.29) is 0 Å². The average Bonchev–Trinajstić information content (AvgIpc) is 1.84. The van der Waals surface area contributed by atoms with Gasteiger partial charge in [0.1, 0.15) is 6.11 Å². The van der Waals surface area contributed by atoms with Gasteiger partial charge in [0.15, 0.2) is 0 Å². The third-order valence-corrected chi connectivity index (χ3v) is 0.482. The van der Waals surface area contributed by atoms with E-state index in [1.54, 1.807) is 0 Å². The molecule has 12 heavy (non-hydrogen) atoms. The van der Waals surface area contributed by atoms with Gasteiger partial charge in [-0.05, 0) is 0 Å². The van der Waals surface area contributed by atoms with Crippen LogP contribution in [-0.2, 0) is 4.74 Å². The molecule has 7 heteroatoms. The van der Waals surface area contributed by atoms with Gasteiger partial charge in [-0.3, -0.25) is 0 Å². The standard InChI is InChI=1S/C5F6O/c6-3(7)4(8)12-2-1-5(9,10)11. The van der Waals surface area contributed by atoms with Gasteiger partial charge in [-0.2, -0.15) is 26.3 Å². The van der Waals surface area contributed by atoms with Gasteiger partial charge in [0, 0.05) is 0 Å². The first-order valence-corrected chi connectivity index (χ1v) is 2.29. The molecule has 0 aliphatic heterocycles. The van der Waals surface area contributed by atoms with E-state index in [0.29, 0.717) is 5.92 Å². The van der Waals surface area contributed by atoms with Crippen LogP contribution in [0.1, 0.15) is 0 Å². The Balaban J connectivity index is 4.15. The van der Waals surface area contributed by atoms with E-state index in [9.17, 15) is 26.3 Å². The van der Waals surface area contributed by atoms with Crippen molar-refractivity contribution in [2.24, 2.45) is 0 Å². The van der Waals surface area contributed by atoms with Crippen LogP contribution in [0.4, 0.5) is 26.3 Å². The van der Waals surface area contributed by atoms with Crippen molar-refractivity contribution in [2.75, 3.05) is 0 Å². The molecule has 0 aromatic carbocycles. The lowest BCUT2D eigenvalue weighted by atomic mass is 10.7. The minimum atomic E-state index is -4.90. The Hall–Kier alpha value is -1.32. The van der Waals surface area contributed by atoms with Crippen LogP contribution in [0.15, 0.2) is 12.1 Å². The Morgan fingerprint density at radius 1 is 1.08 bits per heavy atom. The van der Waals surface area contributed by atoms with E-state index in [1.807, 2.05) is 0 Å². The van der Waals surface area contributed by atoms with E-state index in [1.165, 1.54) is 0 Å². The van der Waals surface area contributed by atoms with Crippen molar-refractivity contribution in [1.29, 1.82) is 0 Å². The van der Waals surface area contributed by atoms with Gasteiger partial charge in [-0.15, -0.1) is 0 Å². The van der Waals surface area contributed by atoms with E-state index in [0.717, 1.165) is 6.11 Å². The van der Waals surface area contributed by atoms with E-state index < -0.39 is 18.3 Å². The second-order valence-corrected chi connectivity index (χ2v) is 1.36. The van der Waals surface area contributed by atoms with Crippen molar-refractivity contribution in [1.82, 2.24) is 0 Å². The minimum Gasteiger partial charge on any atom is -0.373 e. The van der Waals surface area contributed by atoms with Crippen molar-refractivity contribution in [3.63, 3.8) is 0 Å². The Morgan fingerprint density at radius 3 is 1.92 bits per heavy atom. The first-order chi connectivity index (χ1) is 5.33. The van der Waals surface area contributed by atoms with Crippen molar-refractivity contribution in [2.45, 2.75) is 6.18 Å². The molecule has 0 amide bonds. The normalized spacial score (nSPS) is 9.83. The largest absolute Gasteiger partial charge is 0.460 e. The maximum atomic E-state index is 11.5. The fourth-order valence-electron chi connectivity index (χ4n) is 0.167. The first-order valence-electron chi connectivity index (χ1n) is 2.29. The zero-order valence-corrected chi connectivity index (χ0v) is 5.18. The zero-order valence-electron chi connectivity index (χ0n) is 5.18. The van der Waals surface area contributed by atoms with Gasteiger partial charge in [-0.1, -0.05) is 0 Å². The second kappa shape index (κ2) is 3.90. The van der Waals surface area contributed by atoms with Gasteiger partial charge < -0.3 is 4.74 Å². The molecule has 0 aromatic heterocycles. The summed E-state index contributed by atoms with van der Waals surface area (Å²) >= 11 is 0. The maximum absolute atomic E-state index is 11.5. The molecule has 0 aromatic rings. The minimum absolute atomic E-state index is 0.428. The lowest BCUT2D eigenvalue weighted by Gasteiger charge is -1.91. The molecule has 0 aliphatic carbocycles. The van der Waals surface area contributed by atoms with E-state index in [4.69, 9.17) is 0 Å². The van der Waals surface area contributed by atoms with Gasteiger partial charge in [0.25, 0.3) is 0 Å². The molecule has 0 saturated heterocycles. The highest BCUT2D eigenvalue weighted by molar-refractivity contribution is 5.01. The summed E-state index contributed by atoms with van der Waals surface area (Å²) in [5, 5.41) is 0. The van der Waals surface area contributed by atoms with Gasteiger partial charge in [-0.25, -0.2) is 0 Å². The number of hydrogen-bond donors (Lipinski definition) is 0. The van der Waals surface area contributed by atoms with Gasteiger partial charge in [0.2, 0.25) is 0 Å². The lowest BCUT2D eigenvalue weighted by Crippen LogP contribution is -2.01. The summed E-state index contributed by atoms with van der Waals surface area (Å²) in [4.78, 5) is 0. The number of ether oxygens (including phenoxy) is 1. The van der Waals surface area contributed by atoms with Gasteiger partial charge in [0.05, 0.1) is 5.92 Å². The molecule has 0 unspecified atom stereocenters. The Kier molecular flexibility index (Phi) is 3.47. The first kappa shape index (κ1) is 10.7. The molecule has 68 valence electrons. The highest BCUT2D eigenvalue weighted by Gasteiger charge is 2.23. The molecule has 0 fully saturated rings. The third kappa shape index (κ3) is 5.46. The quantitative estimate of drug-likeness (QED) is 0.350. The molecule has 0 saturated carbocycles. The summed E-state index contributed by atoms with van der Waals surface area (Å²) in [6, 6.07) is -2.44. The third-order valence-electron chi connectivity index (χ3n) is 0.482. The van der Waals surface area contributed by atoms with Gasteiger partial charge >= 0.3 is 18.3 Å². The highest BCUT2D eigenvalue weighted by atomic mass is 19.4. The van der Waals surface area contributed by atoms with Crippen LogP contribution >= 0.6 is 0 Å². The monoisotopic (exact) mass is 190 g/mol. The number of alkyl halides is 3. The summed E-state index contributed by atoms with van der Waals surface area (Å²) in [6.45, 7) is 0. The highest BCUT2D eigenvalue weighted by Crippen LogP contribution is 2.13. The summed E-state index contributed by atoms with van der Waals surface area (Å²) in [5.41, 5.74) is 0. The van der Waals surface area contributed by atoms with Crippen LogP contribution in [0.25, 0.3) is 0 Å². The number of rotatable bonds is 1. The molecule has 0 radical (unpaired) electrons. The zero-order chi connectivity index (χ0) is 9.78. The smallest absolute Gasteiger partial charge is 0.373 e. The van der Waals surface area contributed by atoms with Crippen LogP contribution in [-0.4, -0.2) is 6.18 Å². The molecule has 0 spiro atoms. The number of hydrogen-bond acceptors (Lipinski definition) is 1. The van der Waals surface area contributed by atoms with E-state index in [2.05, 4.69) is 4.74 Å². The maximum Gasteiger partial charge on any atom is 0.460 e. The number of halogens is 6. The van der Waals surface area contributed by atoms with Crippen molar-refractivity contribution >= 4 is 0 Å². The van der Waals surface area contributed by atoms with Crippen LogP contribution in [0.2, 0.25) is 0 Å². The van der Waals surface area contributed by atoms with Crippen LogP contribution in [0.5, 0.6) is 0 Å². The fraction of sp³-hybridized carbons (Fsp3) is 0.200. The summed E-state index contributed by atoms with van der Waals surface area (Å²) in [5.74, 6) is 0.428. The molecule has 0 heterocycles. The van der Waals surface area contributed by atoms with Crippen molar-refractivity contribution in [3.05, 3.63) is 12.1 Å². The van der Waals surface area contributed by atoms with Crippen molar-refractivity contribution in [3.8, 4) is 12.0 Å². The molecule has 0 aliphatic rings. The lowest BCUT2D eigenvalue weighted by molar-refractivity contribution is -0.0703. The van der Waals surface area contributed by atoms with Crippen LogP contribution in [0, 0.1) is 12.0 Å². The predicted octanol–water partition coefficient (Wildman–Crippen LogP) is 2.56. The molecule has 0 atom stereocenters. The molecular weight excluding hydrogens is 190 g/mol. The SMILES string of the molecule is FC(F)=C(F)OC#CC(F)(F)F. The summed E-state index contributed by atoms with van der Waals surface area (Å²) < 4.78 is 70.1. The molecule has 0 N–H and O–H groups in total. The molecule has 0 bridgehead atoms. The molecular formula is C5F6O. The Bertz CT molecular complexity index is 237. The summed E-state index contributed by atoms with van der Waals surface area (Å²) in [6.07, 6.45) is -7.05. The van der Waals surface area contributed by atoms with Crippen LogP contribution < -0.4 is 0 Å². The average molecular weight is 190 g/mol. The van der Waals surface area contributed by atoms with Crippen molar-refractivity contribution < 1.29 is 31.1 Å². The van der Waals surface area contributed by atoms with E-state index >= 15 is 0 Å². The van der Waals surface area contributed by atoms with Crippen LogP contribution in [0.3, 0.4) is 0 Å². The second-order valence-electron chi connectivity index (χ2n) is 1.36. The fourth-order valence-corrected chi connectivity index (χ4v) is 0.167. The predicted molar refractivity (Wildman–Crippen MR) is 25.3 cm³/mol. The topological polar surface area (TPSA) is 9.23 Å². The Morgan fingerprint density at radius 2 is 1.58 bits per heavy atom.